The van der Waals surface area contributed by atoms with E-state index in [2.05, 4.69) is 27.1 Å². The molecule has 28 heavy (non-hydrogen) atoms. The van der Waals surface area contributed by atoms with Crippen molar-refractivity contribution in [1.82, 2.24) is 19.8 Å². The van der Waals surface area contributed by atoms with Gasteiger partial charge in [0.15, 0.2) is 5.82 Å². The molecule has 154 valence electrons. The molecule has 0 atom stereocenters. The molecule has 0 spiro atoms. The fraction of sp³-hybridized carbons (Fsp3) is 0.471. The maximum absolute atomic E-state index is 12.5. The second-order valence-electron chi connectivity index (χ2n) is 6.02. The summed E-state index contributed by atoms with van der Waals surface area (Å²) < 4.78 is 33.7. The lowest BCUT2D eigenvalue weighted by Crippen LogP contribution is -2.47. The number of imidazole rings is 1. The number of aryl methyl sites for hydroxylation is 2. The van der Waals surface area contributed by atoms with E-state index in [1.54, 1.807) is 17.5 Å². The number of aromatic nitrogens is 2. The molecular formula is C17H21F3N4O3S. The van der Waals surface area contributed by atoms with E-state index < -0.39 is 12.1 Å². The van der Waals surface area contributed by atoms with Crippen molar-refractivity contribution in [3.63, 3.8) is 0 Å². The van der Waals surface area contributed by atoms with E-state index in [1.807, 2.05) is 15.7 Å². The Kier molecular flexibility index (Phi) is 8.00. The van der Waals surface area contributed by atoms with Crippen LogP contribution in [-0.2, 0) is 17.8 Å². The average molecular weight is 418 g/mol. The average Bonchev–Trinajstić information content (AvgIpc) is 3.33. The second-order valence-corrected chi connectivity index (χ2v) is 6.80. The summed E-state index contributed by atoms with van der Waals surface area (Å²) in [5, 5.41) is 14.7. The van der Waals surface area contributed by atoms with Crippen LogP contribution in [0.1, 0.15) is 22.6 Å². The van der Waals surface area contributed by atoms with Crippen LogP contribution in [0.5, 0.6) is 0 Å². The monoisotopic (exact) mass is 418 g/mol. The number of nitrogens with one attached hydrogen (secondary N) is 1. The molecule has 0 unspecified atom stereocenters. The minimum Gasteiger partial charge on any atom is -0.475 e. The van der Waals surface area contributed by atoms with Crippen LogP contribution in [0.2, 0.25) is 0 Å². The van der Waals surface area contributed by atoms with Gasteiger partial charge in [-0.1, -0.05) is 0 Å². The van der Waals surface area contributed by atoms with Gasteiger partial charge in [0.25, 0.3) is 5.91 Å². The Morgan fingerprint density at radius 3 is 2.54 bits per heavy atom. The Hall–Kier alpha value is -2.40. The first-order valence-corrected chi connectivity index (χ1v) is 9.55. The Bertz CT molecular complexity index is 756. The van der Waals surface area contributed by atoms with E-state index in [1.165, 1.54) is 5.56 Å². The first-order valence-electron chi connectivity index (χ1n) is 8.61. The summed E-state index contributed by atoms with van der Waals surface area (Å²) in [6.45, 7) is 4.10. The number of rotatable bonds is 5. The molecule has 0 radical (unpaired) electrons. The second kappa shape index (κ2) is 10.2. The van der Waals surface area contributed by atoms with Gasteiger partial charge in [-0.3, -0.25) is 4.79 Å². The van der Waals surface area contributed by atoms with Gasteiger partial charge in [-0.2, -0.15) is 24.5 Å². The minimum absolute atomic E-state index is 0.0528. The van der Waals surface area contributed by atoms with Crippen LogP contribution >= 0.6 is 11.3 Å². The minimum atomic E-state index is -5.08. The zero-order valence-electron chi connectivity index (χ0n) is 15.0. The van der Waals surface area contributed by atoms with Crippen LogP contribution in [0.15, 0.2) is 29.2 Å². The summed E-state index contributed by atoms with van der Waals surface area (Å²) in [5.74, 6) is -2.13. The SMILES string of the molecule is O=C(O)C(F)(F)F.O=C(c1nccn1CCCc1ccsc1)N1CCNCC1. The lowest BCUT2D eigenvalue weighted by molar-refractivity contribution is -0.192. The summed E-state index contributed by atoms with van der Waals surface area (Å²) in [7, 11) is 0. The van der Waals surface area contributed by atoms with Crippen molar-refractivity contribution in [2.24, 2.45) is 0 Å². The number of thiophene rings is 1. The summed E-state index contributed by atoms with van der Waals surface area (Å²) in [6, 6.07) is 2.16. The largest absolute Gasteiger partial charge is 0.490 e. The number of amides is 1. The highest BCUT2D eigenvalue weighted by Crippen LogP contribution is 2.13. The summed E-state index contributed by atoms with van der Waals surface area (Å²) in [6.07, 6.45) is 0.612. The molecule has 3 heterocycles. The van der Waals surface area contributed by atoms with Crippen LogP contribution in [0.4, 0.5) is 13.2 Å². The van der Waals surface area contributed by atoms with Crippen molar-refractivity contribution in [3.05, 3.63) is 40.6 Å². The molecule has 0 saturated carbocycles. The Morgan fingerprint density at radius 1 is 1.29 bits per heavy atom. The van der Waals surface area contributed by atoms with Crippen LogP contribution in [0.3, 0.4) is 0 Å². The number of carbonyl (C=O) groups excluding carboxylic acids is 1. The number of hydrogen-bond donors (Lipinski definition) is 2. The van der Waals surface area contributed by atoms with Gasteiger partial charge < -0.3 is 19.9 Å². The Morgan fingerprint density at radius 2 is 1.96 bits per heavy atom. The lowest BCUT2D eigenvalue weighted by atomic mass is 10.2. The number of piperazine rings is 1. The molecule has 7 nitrogen and oxygen atoms in total. The molecule has 1 aliphatic rings. The fourth-order valence-electron chi connectivity index (χ4n) is 2.59. The fourth-order valence-corrected chi connectivity index (χ4v) is 3.29. The highest BCUT2D eigenvalue weighted by atomic mass is 32.1. The number of carbonyl (C=O) groups is 2. The zero-order chi connectivity index (χ0) is 20.6. The van der Waals surface area contributed by atoms with E-state index in [-0.39, 0.29) is 5.91 Å². The van der Waals surface area contributed by atoms with Crippen molar-refractivity contribution >= 4 is 23.2 Å². The van der Waals surface area contributed by atoms with Crippen LogP contribution in [-0.4, -0.2) is 63.8 Å². The smallest absolute Gasteiger partial charge is 0.475 e. The Balaban J connectivity index is 0.000000345. The molecule has 1 amide bonds. The van der Waals surface area contributed by atoms with E-state index in [9.17, 15) is 18.0 Å². The number of carboxylic acids is 1. The van der Waals surface area contributed by atoms with E-state index in [0.29, 0.717) is 5.82 Å². The number of hydrogen-bond acceptors (Lipinski definition) is 5. The third-order valence-corrected chi connectivity index (χ3v) is 4.73. The maximum atomic E-state index is 12.5. The van der Waals surface area contributed by atoms with Gasteiger partial charge in [-0.05, 0) is 35.2 Å². The molecule has 3 rings (SSSR count). The zero-order valence-corrected chi connectivity index (χ0v) is 15.8. The molecule has 1 aliphatic heterocycles. The van der Waals surface area contributed by atoms with Crippen molar-refractivity contribution in [1.29, 1.82) is 0 Å². The molecule has 1 fully saturated rings. The van der Waals surface area contributed by atoms with E-state index in [4.69, 9.17) is 9.90 Å². The highest BCUT2D eigenvalue weighted by Gasteiger charge is 2.38. The summed E-state index contributed by atoms with van der Waals surface area (Å²) in [5.41, 5.74) is 1.37. The van der Waals surface area contributed by atoms with Gasteiger partial charge in [0.2, 0.25) is 0 Å². The molecule has 2 aromatic rings. The van der Waals surface area contributed by atoms with Crippen molar-refractivity contribution in [2.75, 3.05) is 26.2 Å². The predicted octanol–water partition coefficient (Wildman–Crippen LogP) is 2.26. The molecule has 0 aliphatic carbocycles. The van der Waals surface area contributed by atoms with Crippen molar-refractivity contribution in [3.8, 4) is 0 Å². The molecule has 0 bridgehead atoms. The van der Waals surface area contributed by atoms with Gasteiger partial charge in [-0.15, -0.1) is 0 Å². The predicted molar refractivity (Wildman–Crippen MR) is 97.3 cm³/mol. The quantitative estimate of drug-likeness (QED) is 0.778. The third-order valence-electron chi connectivity index (χ3n) is 4.00. The highest BCUT2D eigenvalue weighted by molar-refractivity contribution is 7.07. The van der Waals surface area contributed by atoms with Gasteiger partial charge >= 0.3 is 12.1 Å². The number of alkyl halides is 3. The summed E-state index contributed by atoms with van der Waals surface area (Å²) >= 11 is 1.73. The normalized spacial score (nSPS) is 14.3. The summed E-state index contributed by atoms with van der Waals surface area (Å²) in [4.78, 5) is 27.5. The topological polar surface area (TPSA) is 87.5 Å². The molecule has 0 aromatic carbocycles. The number of aliphatic carboxylic acids is 1. The van der Waals surface area contributed by atoms with E-state index in [0.717, 1.165) is 45.6 Å². The van der Waals surface area contributed by atoms with E-state index >= 15 is 0 Å². The third kappa shape index (κ3) is 6.64. The molecule has 11 heteroatoms. The molecule has 1 saturated heterocycles. The first-order chi connectivity index (χ1) is 13.3. The van der Waals surface area contributed by atoms with Gasteiger partial charge in [0.05, 0.1) is 0 Å². The lowest BCUT2D eigenvalue weighted by Gasteiger charge is -2.27. The van der Waals surface area contributed by atoms with Crippen LogP contribution < -0.4 is 5.32 Å². The van der Waals surface area contributed by atoms with Crippen molar-refractivity contribution in [2.45, 2.75) is 25.6 Å². The standard InChI is InChI=1S/C15H20N4OS.C2HF3O2/c20-15(19-8-4-16-5-9-19)14-17-6-10-18(14)7-1-2-13-3-11-21-12-13;3-2(4,5)1(6)7/h3,6,10-12,16H,1-2,4-5,7-9H2;(H,6,7). The number of halogens is 3. The van der Waals surface area contributed by atoms with Gasteiger partial charge in [0, 0.05) is 45.1 Å². The van der Waals surface area contributed by atoms with Gasteiger partial charge in [0.1, 0.15) is 0 Å². The molecular weight excluding hydrogens is 397 g/mol. The Labute approximate surface area is 163 Å². The van der Waals surface area contributed by atoms with Crippen LogP contribution in [0.25, 0.3) is 0 Å². The van der Waals surface area contributed by atoms with Crippen LogP contribution in [0, 0.1) is 0 Å². The molecule has 2 aromatic heterocycles. The van der Waals surface area contributed by atoms with Crippen molar-refractivity contribution < 1.29 is 27.9 Å². The first kappa shape index (κ1) is 21.9. The molecule has 2 N–H and O–H groups in total. The maximum Gasteiger partial charge on any atom is 0.490 e. The number of carboxylic acid groups (broad SMARTS) is 1. The number of nitrogens with zero attached hydrogens (tertiary/aromatic N) is 3. The van der Waals surface area contributed by atoms with Gasteiger partial charge in [-0.25, -0.2) is 9.78 Å².